The van der Waals surface area contributed by atoms with E-state index < -0.39 is 0 Å². The fourth-order valence-corrected chi connectivity index (χ4v) is 7.15. The lowest BCUT2D eigenvalue weighted by molar-refractivity contribution is 0.487. The van der Waals surface area contributed by atoms with E-state index in [0.29, 0.717) is 0 Å². The molecule has 0 spiro atoms. The minimum Gasteiger partial charge on any atom is -0.456 e. The largest absolute Gasteiger partial charge is 0.456 e. The number of hydrogen-bond acceptors (Lipinski definition) is 3. The van der Waals surface area contributed by atoms with Crippen molar-refractivity contribution in [3.8, 4) is 43.5 Å². The highest BCUT2D eigenvalue weighted by molar-refractivity contribution is 7.19. The summed E-state index contributed by atoms with van der Waals surface area (Å²) in [5, 5.41) is 7.06. The average molecular weight is 517 g/mol. The first-order valence-corrected chi connectivity index (χ1v) is 13.9. The Morgan fingerprint density at radius 1 is 0.487 bits per heavy atom. The van der Waals surface area contributed by atoms with Crippen molar-refractivity contribution < 1.29 is 9.15 Å². The zero-order chi connectivity index (χ0) is 25.5. The van der Waals surface area contributed by atoms with Crippen molar-refractivity contribution in [2.45, 2.75) is 0 Å². The lowest BCUT2D eigenvalue weighted by Gasteiger charge is -2.21. The van der Waals surface area contributed by atoms with Gasteiger partial charge in [-0.1, -0.05) is 72.8 Å². The maximum atomic E-state index is 6.44. The third-order valence-electron chi connectivity index (χ3n) is 7.88. The molecule has 0 N–H and O–H groups in total. The molecule has 0 saturated carbocycles. The zero-order valence-corrected chi connectivity index (χ0v) is 21.6. The minimum absolute atomic E-state index is 0.910. The third kappa shape index (κ3) is 3.02. The van der Waals surface area contributed by atoms with Gasteiger partial charge in [0.05, 0.1) is 0 Å². The van der Waals surface area contributed by atoms with Crippen LogP contribution in [-0.4, -0.2) is 0 Å². The second-order valence-electron chi connectivity index (χ2n) is 10.1. The average Bonchev–Trinajstić information content (AvgIpc) is 3.63. The van der Waals surface area contributed by atoms with Crippen LogP contribution >= 0.6 is 11.3 Å². The Balaban J connectivity index is 1.24. The molecule has 39 heavy (non-hydrogen) atoms. The number of hydrogen-bond donors (Lipinski definition) is 0. The van der Waals surface area contributed by atoms with Gasteiger partial charge in [0.25, 0.3) is 0 Å². The topological polar surface area (TPSA) is 22.4 Å². The van der Waals surface area contributed by atoms with E-state index in [1.807, 2.05) is 23.5 Å². The number of rotatable bonds is 2. The van der Waals surface area contributed by atoms with Crippen LogP contribution in [0.4, 0.5) is 0 Å². The van der Waals surface area contributed by atoms with Gasteiger partial charge in [-0.25, -0.2) is 0 Å². The van der Waals surface area contributed by atoms with Crippen molar-refractivity contribution in [3.63, 3.8) is 0 Å². The van der Waals surface area contributed by atoms with Gasteiger partial charge in [0.1, 0.15) is 22.7 Å². The molecule has 0 radical (unpaired) electrons. The number of fused-ring (bicyclic) bond motifs is 7. The third-order valence-corrected chi connectivity index (χ3v) is 9.05. The van der Waals surface area contributed by atoms with Gasteiger partial charge < -0.3 is 9.15 Å². The Labute approximate surface area is 228 Å². The van der Waals surface area contributed by atoms with Crippen molar-refractivity contribution in [2.24, 2.45) is 0 Å². The van der Waals surface area contributed by atoms with Crippen molar-refractivity contribution in [1.29, 1.82) is 0 Å². The van der Waals surface area contributed by atoms with Crippen LogP contribution in [0.1, 0.15) is 0 Å². The van der Waals surface area contributed by atoms with E-state index in [-0.39, 0.29) is 0 Å². The van der Waals surface area contributed by atoms with Crippen LogP contribution in [0.3, 0.4) is 0 Å². The summed E-state index contributed by atoms with van der Waals surface area (Å²) >= 11 is 1.83. The van der Waals surface area contributed by atoms with Crippen molar-refractivity contribution >= 4 is 54.8 Å². The molecule has 0 fully saturated rings. The summed E-state index contributed by atoms with van der Waals surface area (Å²) in [6, 6.07) is 42.9. The molecular weight excluding hydrogens is 496 g/mol. The standard InChI is InChI=1S/C36H20O2S/c1-2-9-24-21(7-1)15-16-27-35-26(11-6-14-31(35)38-36(24)27)33-18-17-32(39-33)23-19-22-8-5-13-30-34(22)28(20-23)25-10-3-4-12-29(25)37-30/h1-20H. The summed E-state index contributed by atoms with van der Waals surface area (Å²) in [6.45, 7) is 0. The second kappa shape index (κ2) is 7.83. The van der Waals surface area contributed by atoms with Gasteiger partial charge in [-0.05, 0) is 70.4 Å². The maximum absolute atomic E-state index is 6.44. The van der Waals surface area contributed by atoms with Gasteiger partial charge in [0, 0.05) is 42.4 Å². The molecule has 1 aliphatic rings. The first-order chi connectivity index (χ1) is 19.3. The number of para-hydroxylation sites is 1. The molecule has 0 saturated heterocycles. The van der Waals surface area contributed by atoms with Crippen LogP contribution in [0.15, 0.2) is 126 Å². The van der Waals surface area contributed by atoms with E-state index in [1.165, 1.54) is 48.0 Å². The minimum atomic E-state index is 0.910. The van der Waals surface area contributed by atoms with E-state index in [0.717, 1.165) is 39.0 Å². The first kappa shape index (κ1) is 21.1. The molecular formula is C36H20O2S. The number of benzene rings is 6. The Bertz CT molecular complexity index is 2270. The Kier molecular flexibility index (Phi) is 4.24. The molecule has 2 aromatic heterocycles. The SMILES string of the molecule is c1ccc2c(c1)Oc1cccc3cc(-c4ccc(-c5cccc6oc7c8ccccc8ccc7c56)s4)cc-2c13. The zero-order valence-electron chi connectivity index (χ0n) is 20.8. The lowest BCUT2D eigenvalue weighted by Crippen LogP contribution is -1.97. The number of thiophene rings is 1. The molecule has 0 atom stereocenters. The molecule has 6 aromatic carbocycles. The number of ether oxygens (including phenoxy) is 1. The Morgan fingerprint density at radius 2 is 1.28 bits per heavy atom. The fourth-order valence-electron chi connectivity index (χ4n) is 6.13. The number of furan rings is 1. The van der Waals surface area contributed by atoms with E-state index in [4.69, 9.17) is 9.15 Å². The summed E-state index contributed by atoms with van der Waals surface area (Å²) < 4.78 is 12.7. The van der Waals surface area contributed by atoms with Gasteiger partial charge in [-0.2, -0.15) is 0 Å². The summed E-state index contributed by atoms with van der Waals surface area (Å²) in [4.78, 5) is 2.48. The van der Waals surface area contributed by atoms with Crippen LogP contribution in [0.2, 0.25) is 0 Å². The molecule has 9 rings (SSSR count). The molecule has 2 nitrogen and oxygen atoms in total. The monoisotopic (exact) mass is 516 g/mol. The molecule has 182 valence electrons. The molecule has 3 heteroatoms. The molecule has 0 bridgehead atoms. The highest BCUT2D eigenvalue weighted by Crippen LogP contribution is 2.49. The van der Waals surface area contributed by atoms with Crippen molar-refractivity contribution in [1.82, 2.24) is 0 Å². The quantitative estimate of drug-likeness (QED) is 0.228. The predicted octanol–water partition coefficient (Wildman–Crippen LogP) is 11.1. The van der Waals surface area contributed by atoms with E-state index in [1.54, 1.807) is 0 Å². The van der Waals surface area contributed by atoms with E-state index >= 15 is 0 Å². The van der Waals surface area contributed by atoms with Crippen LogP contribution in [0.25, 0.3) is 75.5 Å². The second-order valence-corrected chi connectivity index (χ2v) is 11.2. The van der Waals surface area contributed by atoms with Gasteiger partial charge in [-0.15, -0.1) is 11.3 Å². The van der Waals surface area contributed by atoms with Crippen molar-refractivity contribution in [2.75, 3.05) is 0 Å². The molecule has 0 amide bonds. The summed E-state index contributed by atoms with van der Waals surface area (Å²) in [7, 11) is 0. The molecule has 3 heterocycles. The summed E-state index contributed by atoms with van der Waals surface area (Å²) in [5.41, 5.74) is 6.68. The molecule has 0 unspecified atom stereocenters. The van der Waals surface area contributed by atoms with Gasteiger partial charge in [0.2, 0.25) is 0 Å². The van der Waals surface area contributed by atoms with E-state index in [2.05, 4.69) is 109 Å². The van der Waals surface area contributed by atoms with Gasteiger partial charge >= 0.3 is 0 Å². The molecule has 1 aliphatic heterocycles. The summed E-state index contributed by atoms with van der Waals surface area (Å²) in [6.07, 6.45) is 0. The predicted molar refractivity (Wildman–Crippen MR) is 163 cm³/mol. The normalized spacial score (nSPS) is 12.3. The summed E-state index contributed by atoms with van der Waals surface area (Å²) in [5.74, 6) is 1.83. The molecule has 0 aliphatic carbocycles. The van der Waals surface area contributed by atoms with Gasteiger partial charge in [-0.3, -0.25) is 0 Å². The Hall–Kier alpha value is -4.86. The van der Waals surface area contributed by atoms with Crippen LogP contribution < -0.4 is 4.74 Å². The highest BCUT2D eigenvalue weighted by Gasteiger charge is 2.21. The smallest absolute Gasteiger partial charge is 0.143 e. The van der Waals surface area contributed by atoms with Crippen LogP contribution in [0, 0.1) is 0 Å². The van der Waals surface area contributed by atoms with Crippen LogP contribution in [-0.2, 0) is 0 Å². The molecule has 8 aromatic rings. The fraction of sp³-hybridized carbons (Fsp3) is 0. The van der Waals surface area contributed by atoms with Crippen molar-refractivity contribution in [3.05, 3.63) is 121 Å². The lowest BCUT2D eigenvalue weighted by atomic mass is 9.92. The van der Waals surface area contributed by atoms with E-state index in [9.17, 15) is 0 Å². The van der Waals surface area contributed by atoms with Gasteiger partial charge in [0.15, 0.2) is 0 Å². The highest BCUT2D eigenvalue weighted by atomic mass is 32.1. The Morgan fingerprint density at radius 3 is 2.28 bits per heavy atom. The first-order valence-electron chi connectivity index (χ1n) is 13.1. The van der Waals surface area contributed by atoms with Crippen LogP contribution in [0.5, 0.6) is 11.5 Å². The maximum Gasteiger partial charge on any atom is 0.143 e.